The zero-order valence-corrected chi connectivity index (χ0v) is 16.8. The Morgan fingerprint density at radius 1 is 1.10 bits per heavy atom. The summed E-state index contributed by atoms with van der Waals surface area (Å²) < 4.78 is 11.0. The summed E-state index contributed by atoms with van der Waals surface area (Å²) in [6.07, 6.45) is 0. The van der Waals surface area contributed by atoms with Gasteiger partial charge in [0, 0.05) is 6.07 Å². The first-order valence-corrected chi connectivity index (χ1v) is 9.90. The number of nitrogens with zero attached hydrogens (tertiary/aromatic N) is 4. The van der Waals surface area contributed by atoms with Gasteiger partial charge in [-0.2, -0.15) is 5.11 Å². The van der Waals surface area contributed by atoms with Gasteiger partial charge in [0.2, 0.25) is 5.91 Å². The molecule has 2 aromatic rings. The highest BCUT2D eigenvalue weighted by atomic mass is 35.5. The first kappa shape index (κ1) is 19.3. The van der Waals surface area contributed by atoms with Crippen molar-refractivity contribution in [1.29, 1.82) is 0 Å². The summed E-state index contributed by atoms with van der Waals surface area (Å²) in [6, 6.07) is 9.62. The molecule has 2 aromatic carbocycles. The van der Waals surface area contributed by atoms with E-state index >= 15 is 0 Å². The van der Waals surface area contributed by atoms with Crippen LogP contribution in [-0.4, -0.2) is 54.6 Å². The van der Waals surface area contributed by atoms with Gasteiger partial charge < -0.3 is 14.8 Å². The number of carbonyl (C=O) groups excluding carboxylic acids is 3. The van der Waals surface area contributed by atoms with Crippen LogP contribution in [0.15, 0.2) is 52.8 Å². The van der Waals surface area contributed by atoms with Crippen molar-refractivity contribution in [3.05, 3.63) is 47.5 Å². The Labute approximate surface area is 181 Å². The lowest BCUT2D eigenvalue weighted by molar-refractivity contribution is -0.123. The fourth-order valence-electron chi connectivity index (χ4n) is 3.68. The van der Waals surface area contributed by atoms with Gasteiger partial charge in [-0.3, -0.25) is 19.4 Å². The number of amides is 3. The van der Waals surface area contributed by atoms with Crippen molar-refractivity contribution < 1.29 is 23.9 Å². The number of para-hydroxylation sites is 1. The monoisotopic (exact) mass is 441 g/mol. The fourth-order valence-corrected chi connectivity index (χ4v) is 3.86. The van der Waals surface area contributed by atoms with Crippen molar-refractivity contribution in [1.82, 2.24) is 5.01 Å². The number of fused-ring (bicyclic) bond motifs is 2. The molecule has 0 saturated carbocycles. The van der Waals surface area contributed by atoms with Crippen LogP contribution in [-0.2, 0) is 14.4 Å². The number of carbonyl (C=O) groups is 3. The van der Waals surface area contributed by atoms with E-state index in [4.69, 9.17) is 21.1 Å². The summed E-state index contributed by atoms with van der Waals surface area (Å²) in [6.45, 7) is 0.555. The summed E-state index contributed by atoms with van der Waals surface area (Å²) >= 11 is 6.06. The largest absolute Gasteiger partial charge is 0.486 e. The first-order valence-electron chi connectivity index (χ1n) is 9.52. The molecule has 0 unspecified atom stereocenters. The molecule has 11 heteroatoms. The molecule has 10 nitrogen and oxygen atoms in total. The van der Waals surface area contributed by atoms with Crippen LogP contribution in [0.4, 0.5) is 11.4 Å². The normalized spacial score (nSPS) is 21.5. The number of ether oxygens (including phenoxy) is 2. The second-order valence-corrected chi connectivity index (χ2v) is 7.47. The lowest BCUT2D eigenvalue weighted by Crippen LogP contribution is -2.43. The molecule has 0 spiro atoms. The number of benzene rings is 2. The van der Waals surface area contributed by atoms with E-state index in [0.29, 0.717) is 41.1 Å². The van der Waals surface area contributed by atoms with Gasteiger partial charge in [-0.25, -0.2) is 4.90 Å². The lowest BCUT2D eigenvalue weighted by atomic mass is 10.1. The third-order valence-corrected chi connectivity index (χ3v) is 5.42. The Bertz CT molecular complexity index is 1120. The highest BCUT2D eigenvalue weighted by Crippen LogP contribution is 2.37. The summed E-state index contributed by atoms with van der Waals surface area (Å²) in [5.41, 5.74) is 0.790. The Morgan fingerprint density at radius 3 is 2.68 bits per heavy atom. The molecule has 3 heterocycles. The Hall–Kier alpha value is -3.66. The van der Waals surface area contributed by atoms with Crippen LogP contribution in [0.1, 0.15) is 0 Å². The number of rotatable bonds is 4. The smallest absolute Gasteiger partial charge is 0.263 e. The third kappa shape index (κ3) is 3.34. The van der Waals surface area contributed by atoms with Crippen molar-refractivity contribution in [3.8, 4) is 11.5 Å². The van der Waals surface area contributed by atoms with E-state index in [9.17, 15) is 14.4 Å². The predicted octanol–water partition coefficient (Wildman–Crippen LogP) is 2.04. The van der Waals surface area contributed by atoms with E-state index < -0.39 is 29.8 Å². The van der Waals surface area contributed by atoms with Crippen LogP contribution in [0.5, 0.6) is 11.5 Å². The minimum atomic E-state index is -1.01. The van der Waals surface area contributed by atoms with Crippen molar-refractivity contribution in [2.75, 3.05) is 30.0 Å². The molecule has 1 saturated heterocycles. The zero-order valence-electron chi connectivity index (χ0n) is 16.0. The molecule has 2 atom stereocenters. The molecule has 3 amide bonds. The van der Waals surface area contributed by atoms with Crippen molar-refractivity contribution in [2.45, 2.75) is 12.1 Å². The quantitative estimate of drug-likeness (QED) is 0.726. The van der Waals surface area contributed by atoms with Crippen LogP contribution >= 0.6 is 11.6 Å². The molecule has 1 fully saturated rings. The van der Waals surface area contributed by atoms with Gasteiger partial charge >= 0.3 is 0 Å². The fraction of sp³-hybridized carbons (Fsp3) is 0.250. The molecular weight excluding hydrogens is 426 g/mol. The molecule has 0 aliphatic carbocycles. The zero-order chi connectivity index (χ0) is 21.5. The van der Waals surface area contributed by atoms with Crippen LogP contribution in [0.25, 0.3) is 0 Å². The van der Waals surface area contributed by atoms with Crippen LogP contribution in [0.2, 0.25) is 5.02 Å². The van der Waals surface area contributed by atoms with Gasteiger partial charge in [-0.1, -0.05) is 29.0 Å². The van der Waals surface area contributed by atoms with E-state index in [1.807, 2.05) is 0 Å². The standard InChI is InChI=1S/C20H16ClN5O5/c21-12-3-1-2-4-13(12)22-16(27)10-25-18-17(23-24-25)19(28)26(20(18)29)11-5-6-14-15(9-11)31-8-7-30-14/h1-6,9,17-18H,7-8,10H2,(H,22,27)/t17-,18+/m1/s1. The van der Waals surface area contributed by atoms with Gasteiger partial charge in [0.05, 0.1) is 16.4 Å². The van der Waals surface area contributed by atoms with E-state index in [-0.39, 0.29) is 6.54 Å². The first-order chi connectivity index (χ1) is 15.0. The number of halogens is 1. The molecule has 31 heavy (non-hydrogen) atoms. The van der Waals surface area contributed by atoms with Crippen molar-refractivity contribution in [2.24, 2.45) is 10.3 Å². The molecule has 5 rings (SSSR count). The average Bonchev–Trinajstić information content (AvgIpc) is 3.29. The maximum absolute atomic E-state index is 13.1. The molecule has 3 aliphatic rings. The number of hydrogen-bond acceptors (Lipinski definition) is 8. The average molecular weight is 442 g/mol. The minimum absolute atomic E-state index is 0.260. The Kier molecular flexibility index (Phi) is 4.70. The number of anilines is 2. The number of imide groups is 1. The highest BCUT2D eigenvalue weighted by molar-refractivity contribution is 6.33. The van der Waals surface area contributed by atoms with Gasteiger partial charge in [0.1, 0.15) is 19.8 Å². The van der Waals surface area contributed by atoms with Crippen molar-refractivity contribution in [3.63, 3.8) is 0 Å². The molecule has 0 aromatic heterocycles. The molecular formula is C20H16ClN5O5. The van der Waals surface area contributed by atoms with E-state index in [0.717, 1.165) is 4.90 Å². The summed E-state index contributed by atoms with van der Waals surface area (Å²) in [4.78, 5) is 39.5. The summed E-state index contributed by atoms with van der Waals surface area (Å²) in [5, 5.41) is 12.1. The second-order valence-electron chi connectivity index (χ2n) is 7.06. The number of hydrogen-bond donors (Lipinski definition) is 1. The Morgan fingerprint density at radius 2 is 1.87 bits per heavy atom. The topological polar surface area (TPSA) is 113 Å². The minimum Gasteiger partial charge on any atom is -0.486 e. The molecule has 0 radical (unpaired) electrons. The van der Waals surface area contributed by atoms with Crippen LogP contribution < -0.4 is 19.7 Å². The molecule has 3 aliphatic heterocycles. The summed E-state index contributed by atoms with van der Waals surface area (Å²) in [5.74, 6) is -0.455. The molecule has 0 bridgehead atoms. The second kappa shape index (κ2) is 7.55. The maximum atomic E-state index is 13.1. The molecule has 158 valence electrons. The van der Waals surface area contributed by atoms with E-state index in [2.05, 4.69) is 15.7 Å². The van der Waals surface area contributed by atoms with Crippen molar-refractivity contribution >= 4 is 40.7 Å². The van der Waals surface area contributed by atoms with Gasteiger partial charge in [0.15, 0.2) is 23.6 Å². The predicted molar refractivity (Wildman–Crippen MR) is 109 cm³/mol. The summed E-state index contributed by atoms with van der Waals surface area (Å²) in [7, 11) is 0. The van der Waals surface area contributed by atoms with E-state index in [1.165, 1.54) is 5.01 Å². The number of nitrogens with one attached hydrogen (secondary N) is 1. The molecule has 1 N–H and O–H groups in total. The Balaban J connectivity index is 1.33. The maximum Gasteiger partial charge on any atom is 0.263 e. The SMILES string of the molecule is O=C(CN1N=N[C@H]2C(=O)N(c3ccc4c(c3)OCCO4)C(=O)[C@H]21)Nc1ccccc1Cl. The lowest BCUT2D eigenvalue weighted by Gasteiger charge is -2.22. The van der Waals surface area contributed by atoms with Gasteiger partial charge in [-0.05, 0) is 24.3 Å². The van der Waals surface area contributed by atoms with Gasteiger partial charge in [-0.15, -0.1) is 0 Å². The highest BCUT2D eigenvalue weighted by Gasteiger charge is 2.55. The van der Waals surface area contributed by atoms with Crippen LogP contribution in [0, 0.1) is 0 Å². The van der Waals surface area contributed by atoms with E-state index in [1.54, 1.807) is 42.5 Å². The van der Waals surface area contributed by atoms with Crippen LogP contribution in [0.3, 0.4) is 0 Å². The van der Waals surface area contributed by atoms with Gasteiger partial charge in [0.25, 0.3) is 11.8 Å². The third-order valence-electron chi connectivity index (χ3n) is 5.10.